The van der Waals surface area contributed by atoms with E-state index in [1.807, 2.05) is 18.2 Å². The van der Waals surface area contributed by atoms with Gasteiger partial charge in [-0.05, 0) is 23.3 Å². The van der Waals surface area contributed by atoms with E-state index < -0.39 is 35.5 Å². The van der Waals surface area contributed by atoms with Gasteiger partial charge in [-0.3, -0.25) is 4.79 Å². The molecule has 7 heteroatoms. The number of benzene rings is 2. The number of halogens is 2. The molecule has 0 spiro atoms. The molecule has 0 unspecified atom stereocenters. The van der Waals surface area contributed by atoms with Crippen LogP contribution in [0.1, 0.15) is 17.0 Å². The first-order valence-corrected chi connectivity index (χ1v) is 8.08. The van der Waals surface area contributed by atoms with Crippen LogP contribution in [0.5, 0.6) is 0 Å². The molecule has 0 saturated carbocycles. The zero-order valence-corrected chi connectivity index (χ0v) is 13.8. The average Bonchev–Trinajstić information content (AvgIpc) is 3.05. The maximum atomic E-state index is 13.5. The molecule has 2 aromatic carbocycles. The lowest BCUT2D eigenvalue weighted by atomic mass is 9.89. The smallest absolute Gasteiger partial charge is 0.410 e. The molecule has 1 aliphatic heterocycles. The number of ether oxygens (including phenoxy) is 1. The van der Waals surface area contributed by atoms with Crippen molar-refractivity contribution in [2.24, 2.45) is 5.92 Å². The summed E-state index contributed by atoms with van der Waals surface area (Å²) in [6.45, 7) is 0.00636. The minimum absolute atomic E-state index is 0.0213. The molecule has 1 aliphatic rings. The highest BCUT2D eigenvalue weighted by molar-refractivity contribution is 5.75. The van der Waals surface area contributed by atoms with Crippen molar-refractivity contribution in [2.45, 2.75) is 12.5 Å². The normalized spacial score (nSPS) is 19.4. The summed E-state index contributed by atoms with van der Waals surface area (Å²) < 4.78 is 32.2. The third-order valence-corrected chi connectivity index (χ3v) is 4.41. The number of rotatable bonds is 4. The van der Waals surface area contributed by atoms with E-state index >= 15 is 0 Å². The van der Waals surface area contributed by atoms with Crippen molar-refractivity contribution >= 4 is 12.1 Å². The Balaban J connectivity index is 1.72. The first kappa shape index (κ1) is 17.8. The van der Waals surface area contributed by atoms with Gasteiger partial charge in [0.15, 0.2) is 0 Å². The number of likely N-dealkylation sites (tertiary alicyclic amines) is 1. The average molecular weight is 361 g/mol. The highest BCUT2D eigenvalue weighted by Gasteiger charge is 2.41. The first-order valence-electron chi connectivity index (χ1n) is 8.08. The number of hydrogen-bond donors (Lipinski definition) is 1. The second kappa shape index (κ2) is 7.51. The van der Waals surface area contributed by atoms with Crippen molar-refractivity contribution in [3.8, 4) is 0 Å². The van der Waals surface area contributed by atoms with E-state index in [9.17, 15) is 23.5 Å². The molecule has 2 atom stereocenters. The molecule has 0 aromatic heterocycles. The largest absolute Gasteiger partial charge is 0.481 e. The zero-order valence-electron chi connectivity index (χ0n) is 13.8. The van der Waals surface area contributed by atoms with E-state index in [1.165, 1.54) is 4.90 Å². The lowest BCUT2D eigenvalue weighted by Gasteiger charge is -2.16. The lowest BCUT2D eigenvalue weighted by Crippen LogP contribution is -2.30. The fourth-order valence-corrected chi connectivity index (χ4v) is 3.14. The Labute approximate surface area is 148 Å². The van der Waals surface area contributed by atoms with Crippen LogP contribution >= 0.6 is 0 Å². The van der Waals surface area contributed by atoms with Gasteiger partial charge in [-0.1, -0.05) is 30.3 Å². The van der Waals surface area contributed by atoms with Crippen LogP contribution in [0.2, 0.25) is 0 Å². The highest BCUT2D eigenvalue weighted by atomic mass is 19.1. The molecule has 3 rings (SSSR count). The van der Waals surface area contributed by atoms with Gasteiger partial charge in [0.25, 0.3) is 0 Å². The van der Waals surface area contributed by atoms with Crippen LogP contribution in [0.4, 0.5) is 13.6 Å². The Morgan fingerprint density at radius 2 is 1.73 bits per heavy atom. The van der Waals surface area contributed by atoms with Crippen LogP contribution in [0, 0.1) is 17.6 Å². The van der Waals surface area contributed by atoms with Crippen LogP contribution in [0.25, 0.3) is 0 Å². The minimum atomic E-state index is -1.13. The summed E-state index contributed by atoms with van der Waals surface area (Å²) in [7, 11) is 0. The van der Waals surface area contributed by atoms with E-state index in [-0.39, 0.29) is 25.3 Å². The summed E-state index contributed by atoms with van der Waals surface area (Å²) in [5.41, 5.74) is 1.02. The van der Waals surface area contributed by atoms with Gasteiger partial charge in [0.1, 0.15) is 18.2 Å². The van der Waals surface area contributed by atoms with Crippen molar-refractivity contribution in [2.75, 3.05) is 13.1 Å². The highest BCUT2D eigenvalue weighted by Crippen LogP contribution is 2.34. The summed E-state index contributed by atoms with van der Waals surface area (Å²) in [5.74, 6) is -4.36. The van der Waals surface area contributed by atoms with Gasteiger partial charge in [-0.2, -0.15) is 0 Å². The molecule has 1 heterocycles. The number of nitrogens with zero attached hydrogens (tertiary/aromatic N) is 1. The van der Waals surface area contributed by atoms with Crippen LogP contribution < -0.4 is 0 Å². The van der Waals surface area contributed by atoms with E-state index in [4.69, 9.17) is 4.74 Å². The van der Waals surface area contributed by atoms with Gasteiger partial charge in [0.2, 0.25) is 0 Å². The van der Waals surface area contributed by atoms with E-state index in [0.717, 1.165) is 23.8 Å². The van der Waals surface area contributed by atoms with Crippen molar-refractivity contribution in [1.82, 2.24) is 4.90 Å². The van der Waals surface area contributed by atoms with Crippen molar-refractivity contribution in [1.29, 1.82) is 0 Å². The number of amides is 1. The summed E-state index contributed by atoms with van der Waals surface area (Å²) in [5, 5.41) is 9.42. The Kier molecular flexibility index (Phi) is 5.16. The third kappa shape index (κ3) is 3.99. The third-order valence-electron chi connectivity index (χ3n) is 4.41. The van der Waals surface area contributed by atoms with Gasteiger partial charge in [0.05, 0.1) is 5.92 Å². The number of carboxylic acids is 1. The van der Waals surface area contributed by atoms with Crippen molar-refractivity contribution < 1.29 is 28.2 Å². The van der Waals surface area contributed by atoms with Gasteiger partial charge in [-0.25, -0.2) is 13.6 Å². The second-order valence-electron chi connectivity index (χ2n) is 6.20. The molecule has 136 valence electrons. The molecule has 1 N–H and O–H groups in total. The lowest BCUT2D eigenvalue weighted by molar-refractivity contribution is -0.141. The summed E-state index contributed by atoms with van der Waals surface area (Å²) in [4.78, 5) is 25.1. The van der Waals surface area contributed by atoms with Gasteiger partial charge < -0.3 is 14.7 Å². The predicted octanol–water partition coefficient (Wildman–Crippen LogP) is 3.40. The maximum absolute atomic E-state index is 13.5. The van der Waals surface area contributed by atoms with Gasteiger partial charge in [0, 0.05) is 25.1 Å². The standard InChI is InChI=1S/C19H17F2NO4/c20-14-6-13(7-15(21)8-14)16-9-22(10-17(16)18(23)24)19(25)26-11-12-4-2-1-3-5-12/h1-8,16-17H,9-11H2,(H,23,24)/t16-,17+/m0/s1. The molecule has 1 amide bonds. The van der Waals surface area contributed by atoms with Crippen LogP contribution in [-0.2, 0) is 16.1 Å². The molecular formula is C19H17F2NO4. The van der Waals surface area contributed by atoms with E-state index in [0.29, 0.717) is 0 Å². The Morgan fingerprint density at radius 3 is 2.35 bits per heavy atom. The number of carbonyl (C=O) groups is 2. The van der Waals surface area contributed by atoms with Gasteiger partial charge in [-0.15, -0.1) is 0 Å². The van der Waals surface area contributed by atoms with E-state index in [2.05, 4.69) is 0 Å². The fourth-order valence-electron chi connectivity index (χ4n) is 3.14. The van der Waals surface area contributed by atoms with Crippen molar-refractivity contribution in [3.63, 3.8) is 0 Å². The predicted molar refractivity (Wildman–Crippen MR) is 88.4 cm³/mol. The number of aliphatic carboxylic acids is 1. The van der Waals surface area contributed by atoms with E-state index in [1.54, 1.807) is 12.1 Å². The molecule has 1 fully saturated rings. The first-order chi connectivity index (χ1) is 12.4. The van der Waals surface area contributed by atoms with Crippen LogP contribution in [0.3, 0.4) is 0 Å². The molecule has 0 bridgehead atoms. The minimum Gasteiger partial charge on any atom is -0.481 e. The summed E-state index contributed by atoms with van der Waals surface area (Å²) in [6, 6.07) is 12.0. The summed E-state index contributed by atoms with van der Waals surface area (Å²) >= 11 is 0. The molecule has 26 heavy (non-hydrogen) atoms. The molecule has 2 aromatic rings. The Bertz CT molecular complexity index is 792. The van der Waals surface area contributed by atoms with Crippen LogP contribution in [-0.4, -0.2) is 35.2 Å². The molecule has 1 saturated heterocycles. The quantitative estimate of drug-likeness (QED) is 0.906. The molecular weight excluding hydrogens is 344 g/mol. The van der Waals surface area contributed by atoms with Crippen molar-refractivity contribution in [3.05, 3.63) is 71.3 Å². The fraction of sp³-hybridized carbons (Fsp3) is 0.263. The number of carboxylic acid groups (broad SMARTS) is 1. The topological polar surface area (TPSA) is 66.8 Å². The zero-order chi connectivity index (χ0) is 18.7. The van der Waals surface area contributed by atoms with Gasteiger partial charge >= 0.3 is 12.1 Å². The number of hydrogen-bond acceptors (Lipinski definition) is 3. The summed E-state index contributed by atoms with van der Waals surface area (Å²) in [6.07, 6.45) is -0.653. The molecule has 0 aliphatic carbocycles. The number of carbonyl (C=O) groups excluding carboxylic acids is 1. The monoisotopic (exact) mass is 361 g/mol. The molecule has 5 nitrogen and oxygen atoms in total. The maximum Gasteiger partial charge on any atom is 0.410 e. The Morgan fingerprint density at radius 1 is 1.08 bits per heavy atom. The molecule has 0 radical (unpaired) electrons. The second-order valence-corrected chi connectivity index (χ2v) is 6.20. The SMILES string of the molecule is O=C(O)[C@@H]1CN(C(=O)OCc2ccccc2)C[C@H]1c1cc(F)cc(F)c1. The Hall–Kier alpha value is -2.96. The van der Waals surface area contributed by atoms with Crippen LogP contribution in [0.15, 0.2) is 48.5 Å².